The third kappa shape index (κ3) is 17.3. The van der Waals surface area contributed by atoms with E-state index in [2.05, 4.69) is 21.2 Å². The average Bonchev–Trinajstić information content (AvgIpc) is 2.51. The van der Waals surface area contributed by atoms with Crippen molar-refractivity contribution in [2.24, 2.45) is 4.99 Å². The van der Waals surface area contributed by atoms with Crippen molar-refractivity contribution in [3.05, 3.63) is 35.7 Å². The van der Waals surface area contributed by atoms with E-state index in [9.17, 15) is 14.4 Å². The number of carbonyl (C=O) groups excluding carboxylic acids is 2. The topological polar surface area (TPSA) is 97.4 Å². The third-order valence-electron chi connectivity index (χ3n) is 2.15. The van der Waals surface area contributed by atoms with Gasteiger partial charge in [0, 0.05) is 11.6 Å². The van der Waals surface area contributed by atoms with Gasteiger partial charge in [-0.2, -0.15) is 0 Å². The number of esters is 1. The minimum absolute atomic E-state index is 0.313. The molecule has 0 heterocycles. The first-order chi connectivity index (χ1) is 10.5. The molecule has 0 bridgehead atoms. The van der Waals surface area contributed by atoms with Crippen LogP contribution in [-0.2, 0) is 19.1 Å². The second kappa shape index (κ2) is 16.3. The van der Waals surface area contributed by atoms with Gasteiger partial charge in [-0.1, -0.05) is 12.7 Å². The Labute approximate surface area is 129 Å². The number of hydrogen-bond donors (Lipinski definition) is 1. The van der Waals surface area contributed by atoms with Gasteiger partial charge in [0.2, 0.25) is 12.6 Å². The van der Waals surface area contributed by atoms with Crippen molar-refractivity contribution >= 4 is 18.0 Å². The van der Waals surface area contributed by atoms with Crippen molar-refractivity contribution < 1.29 is 24.2 Å². The molecule has 0 fully saturated rings. The van der Waals surface area contributed by atoms with E-state index < -0.39 is 11.9 Å². The van der Waals surface area contributed by atoms with Crippen molar-refractivity contribution in [2.45, 2.75) is 26.2 Å². The molecule has 1 N–H and O–H groups in total. The number of unbranched alkanes of at least 4 members (excludes halogenated alkanes) is 1. The van der Waals surface area contributed by atoms with Gasteiger partial charge in [0.05, 0.1) is 19.6 Å². The molecule has 0 aromatic carbocycles. The van der Waals surface area contributed by atoms with Crippen molar-refractivity contribution in [3.8, 4) is 0 Å². The van der Waals surface area contributed by atoms with Crippen molar-refractivity contribution in [1.29, 1.82) is 0 Å². The Morgan fingerprint density at radius 3 is 2.64 bits per heavy atom. The predicted octanol–water partition coefficient (Wildman–Crippen LogP) is 2.16. The maximum atomic E-state index is 10.4. The van der Waals surface area contributed by atoms with E-state index in [-0.39, 0.29) is 0 Å². The van der Waals surface area contributed by atoms with E-state index in [4.69, 9.17) is 11.7 Å². The van der Waals surface area contributed by atoms with Crippen LogP contribution in [0.2, 0.25) is 0 Å². The van der Waals surface area contributed by atoms with Crippen LogP contribution in [0.5, 0.6) is 0 Å². The van der Waals surface area contributed by atoms with Crippen LogP contribution in [0.3, 0.4) is 0 Å². The molecule has 0 unspecified atom stereocenters. The van der Waals surface area contributed by atoms with Crippen LogP contribution in [0.1, 0.15) is 26.2 Å². The highest BCUT2D eigenvalue weighted by Gasteiger charge is 1.97. The standard InChI is InChI=1S/C8H11NO3.C7H9NO2/c1-7(8(11)12)4-2-3-5-9-6-10;1-3-7(9)10-6-4-5-8-2/h4H,2-3,5H2,1H3,(H,11,12);3H,1,4-6H2. The van der Waals surface area contributed by atoms with Gasteiger partial charge >= 0.3 is 11.9 Å². The molecule has 0 saturated heterocycles. The summed E-state index contributed by atoms with van der Waals surface area (Å²) in [5.74, 6) is -1.33. The number of carboxylic acids is 1. The van der Waals surface area contributed by atoms with E-state index in [0.29, 0.717) is 44.5 Å². The summed E-state index contributed by atoms with van der Waals surface area (Å²) in [6.07, 6.45) is 6.05. The van der Waals surface area contributed by atoms with Crippen molar-refractivity contribution in [3.63, 3.8) is 0 Å². The minimum atomic E-state index is -0.908. The van der Waals surface area contributed by atoms with Crippen LogP contribution in [0, 0.1) is 6.57 Å². The molecule has 7 heteroatoms. The molecule has 0 aliphatic heterocycles. The number of carboxylic acid groups (broad SMARTS) is 1. The summed E-state index contributed by atoms with van der Waals surface area (Å²) >= 11 is 0. The van der Waals surface area contributed by atoms with Gasteiger partial charge in [-0.15, -0.1) is 0 Å². The van der Waals surface area contributed by atoms with Gasteiger partial charge in [-0.05, 0) is 19.8 Å². The lowest BCUT2D eigenvalue weighted by atomic mass is 10.2. The Balaban J connectivity index is 0. The molecule has 22 heavy (non-hydrogen) atoms. The highest BCUT2D eigenvalue weighted by Crippen LogP contribution is 1.98. The van der Waals surface area contributed by atoms with Gasteiger partial charge in [0.1, 0.15) is 0 Å². The molecule has 0 spiro atoms. The molecule has 0 aromatic rings. The zero-order valence-corrected chi connectivity index (χ0v) is 12.6. The van der Waals surface area contributed by atoms with E-state index >= 15 is 0 Å². The van der Waals surface area contributed by atoms with Crippen LogP contribution in [0.4, 0.5) is 0 Å². The second-order valence-electron chi connectivity index (χ2n) is 3.91. The summed E-state index contributed by atoms with van der Waals surface area (Å²) in [6.45, 7) is 12.3. The molecule has 0 radical (unpaired) electrons. The highest BCUT2D eigenvalue weighted by atomic mass is 16.5. The van der Waals surface area contributed by atoms with Crippen LogP contribution < -0.4 is 0 Å². The first kappa shape index (κ1) is 21.6. The van der Waals surface area contributed by atoms with E-state index in [1.54, 1.807) is 6.08 Å². The Morgan fingerprint density at radius 1 is 1.45 bits per heavy atom. The third-order valence-corrected chi connectivity index (χ3v) is 2.15. The summed E-state index contributed by atoms with van der Waals surface area (Å²) in [6, 6.07) is 0. The van der Waals surface area contributed by atoms with E-state index in [1.807, 2.05) is 0 Å². The lowest BCUT2D eigenvalue weighted by Gasteiger charge is -1.95. The van der Waals surface area contributed by atoms with E-state index in [1.165, 1.54) is 13.0 Å². The Kier molecular flexibility index (Phi) is 16.0. The van der Waals surface area contributed by atoms with Gasteiger partial charge in [0.25, 0.3) is 0 Å². The summed E-state index contributed by atoms with van der Waals surface area (Å²) in [4.78, 5) is 36.7. The maximum Gasteiger partial charge on any atom is 0.330 e. The molecule has 0 amide bonds. The maximum absolute atomic E-state index is 10.4. The Morgan fingerprint density at radius 2 is 2.14 bits per heavy atom. The molecular formula is C15H20N2O5. The smallest absolute Gasteiger partial charge is 0.330 e. The van der Waals surface area contributed by atoms with Crippen LogP contribution in [0.25, 0.3) is 4.85 Å². The molecule has 0 atom stereocenters. The molecule has 0 rings (SSSR count). The molecule has 120 valence electrons. The highest BCUT2D eigenvalue weighted by molar-refractivity contribution is 5.85. The Bertz CT molecular complexity index is 471. The zero-order chi connectivity index (χ0) is 17.2. The predicted molar refractivity (Wildman–Crippen MR) is 80.9 cm³/mol. The monoisotopic (exact) mass is 308 g/mol. The lowest BCUT2D eigenvalue weighted by Crippen LogP contribution is -2.02. The summed E-state index contributed by atoms with van der Waals surface area (Å²) < 4.78 is 4.59. The summed E-state index contributed by atoms with van der Waals surface area (Å²) in [5, 5.41) is 8.43. The summed E-state index contributed by atoms with van der Waals surface area (Å²) in [5.41, 5.74) is 0.324. The van der Waals surface area contributed by atoms with Crippen LogP contribution >= 0.6 is 0 Å². The number of carbonyl (C=O) groups is 2. The number of rotatable bonds is 9. The number of nitrogens with zero attached hydrogens (tertiary/aromatic N) is 2. The number of aliphatic carboxylic acids is 1. The second-order valence-corrected chi connectivity index (χ2v) is 3.91. The number of isocyanates is 1. The fraction of sp³-hybridized carbons (Fsp3) is 0.467. The average molecular weight is 308 g/mol. The number of ether oxygens (including phenoxy) is 1. The molecule has 0 aliphatic carbocycles. The SMILES string of the molecule is CC(=CCCCN=C=O)C(=O)O.[C-]#[N+]CCCOC(=O)C=C. The number of aliphatic imine (C=N–C) groups is 1. The number of allylic oxidation sites excluding steroid dienone is 1. The zero-order valence-electron chi connectivity index (χ0n) is 12.6. The number of hydrogen-bond acceptors (Lipinski definition) is 5. The van der Waals surface area contributed by atoms with Crippen molar-refractivity contribution in [2.75, 3.05) is 19.7 Å². The van der Waals surface area contributed by atoms with Crippen LogP contribution in [-0.4, -0.2) is 42.8 Å². The van der Waals surface area contributed by atoms with Crippen molar-refractivity contribution in [1.82, 2.24) is 0 Å². The van der Waals surface area contributed by atoms with E-state index in [0.717, 1.165) is 6.08 Å². The van der Waals surface area contributed by atoms with Crippen LogP contribution in [0.15, 0.2) is 29.3 Å². The largest absolute Gasteiger partial charge is 0.478 e. The molecule has 0 aromatic heterocycles. The molecule has 0 saturated carbocycles. The quantitative estimate of drug-likeness (QED) is 0.176. The lowest BCUT2D eigenvalue weighted by molar-refractivity contribution is -0.137. The minimum Gasteiger partial charge on any atom is -0.478 e. The van der Waals surface area contributed by atoms with Gasteiger partial charge < -0.3 is 14.7 Å². The molecule has 7 nitrogen and oxygen atoms in total. The first-order valence-electron chi connectivity index (χ1n) is 6.55. The summed E-state index contributed by atoms with van der Waals surface area (Å²) in [7, 11) is 0. The Hall–Kier alpha value is -2.71. The van der Waals surface area contributed by atoms with Gasteiger partial charge in [0.15, 0.2) is 0 Å². The van der Waals surface area contributed by atoms with Gasteiger partial charge in [-0.3, -0.25) is 0 Å². The molecule has 0 aliphatic rings. The fourth-order valence-electron chi connectivity index (χ4n) is 0.997. The normalized spacial score (nSPS) is 9.36. The van der Waals surface area contributed by atoms with Gasteiger partial charge in [-0.25, -0.2) is 25.9 Å². The fourth-order valence-corrected chi connectivity index (χ4v) is 0.997. The first-order valence-corrected chi connectivity index (χ1v) is 6.55. The molecular weight excluding hydrogens is 288 g/mol.